The molecular formula is C12H15NO5. The molecular weight excluding hydrogens is 238 g/mol. The molecule has 0 bridgehead atoms. The van der Waals surface area contributed by atoms with Gasteiger partial charge in [-0.1, -0.05) is 12.1 Å². The summed E-state index contributed by atoms with van der Waals surface area (Å²) in [5, 5.41) is 26.9. The van der Waals surface area contributed by atoms with Gasteiger partial charge >= 0.3 is 11.9 Å². The number of likely N-dealkylation sites (N-methyl/N-ethyl adjacent to an activating group) is 1. The molecule has 0 saturated carbocycles. The SMILES string of the molecule is CN(CCC(=O)O)C(C(=O)O)c1ccc(O)cc1. The molecule has 1 unspecified atom stereocenters. The minimum absolute atomic E-state index is 0.0519. The normalized spacial score (nSPS) is 12.3. The van der Waals surface area contributed by atoms with Crippen molar-refractivity contribution in [2.45, 2.75) is 12.5 Å². The molecule has 6 heteroatoms. The van der Waals surface area contributed by atoms with E-state index in [9.17, 15) is 14.7 Å². The van der Waals surface area contributed by atoms with Gasteiger partial charge in [0.05, 0.1) is 6.42 Å². The summed E-state index contributed by atoms with van der Waals surface area (Å²) in [5.41, 5.74) is 0.494. The molecule has 0 fully saturated rings. The van der Waals surface area contributed by atoms with Gasteiger partial charge in [0.15, 0.2) is 0 Å². The maximum Gasteiger partial charge on any atom is 0.325 e. The number of phenols is 1. The summed E-state index contributed by atoms with van der Waals surface area (Å²) in [6, 6.07) is 4.88. The smallest absolute Gasteiger partial charge is 0.325 e. The summed E-state index contributed by atoms with van der Waals surface area (Å²) in [6.45, 7) is 0.132. The largest absolute Gasteiger partial charge is 0.508 e. The fourth-order valence-electron chi connectivity index (χ4n) is 1.64. The van der Waals surface area contributed by atoms with Crippen molar-refractivity contribution in [3.63, 3.8) is 0 Å². The Balaban J connectivity index is 2.85. The van der Waals surface area contributed by atoms with Crippen LogP contribution in [-0.2, 0) is 9.59 Å². The molecule has 0 heterocycles. The first-order valence-corrected chi connectivity index (χ1v) is 5.35. The third-order valence-corrected chi connectivity index (χ3v) is 2.56. The number of aromatic hydroxyl groups is 1. The summed E-state index contributed by atoms with van der Waals surface area (Å²) in [6.07, 6.45) is -0.127. The zero-order valence-corrected chi connectivity index (χ0v) is 9.91. The number of rotatable bonds is 6. The average Bonchev–Trinajstić information content (AvgIpc) is 2.29. The van der Waals surface area contributed by atoms with Crippen LogP contribution >= 0.6 is 0 Å². The van der Waals surface area contributed by atoms with Crippen LogP contribution in [-0.4, -0.2) is 45.8 Å². The van der Waals surface area contributed by atoms with Crippen molar-refractivity contribution in [1.82, 2.24) is 4.90 Å². The third-order valence-electron chi connectivity index (χ3n) is 2.56. The highest BCUT2D eigenvalue weighted by molar-refractivity contribution is 5.75. The van der Waals surface area contributed by atoms with Crippen LogP contribution in [0.4, 0.5) is 0 Å². The predicted molar refractivity (Wildman–Crippen MR) is 63.4 cm³/mol. The number of hydrogen-bond acceptors (Lipinski definition) is 4. The number of nitrogens with zero attached hydrogens (tertiary/aromatic N) is 1. The van der Waals surface area contributed by atoms with Gasteiger partial charge in [0.2, 0.25) is 0 Å². The second-order valence-corrected chi connectivity index (χ2v) is 3.96. The van der Waals surface area contributed by atoms with Crippen LogP contribution in [0.3, 0.4) is 0 Å². The van der Waals surface area contributed by atoms with E-state index in [1.165, 1.54) is 29.2 Å². The minimum atomic E-state index is -1.06. The van der Waals surface area contributed by atoms with Crippen LogP contribution in [0.5, 0.6) is 5.75 Å². The maximum absolute atomic E-state index is 11.2. The molecule has 1 atom stereocenters. The molecule has 1 aromatic rings. The van der Waals surface area contributed by atoms with E-state index < -0.39 is 18.0 Å². The predicted octanol–water partition coefficient (Wildman–Crippen LogP) is 0.924. The van der Waals surface area contributed by atoms with E-state index in [0.29, 0.717) is 5.56 Å². The van der Waals surface area contributed by atoms with E-state index in [1.807, 2.05) is 0 Å². The maximum atomic E-state index is 11.2. The number of hydrogen-bond donors (Lipinski definition) is 3. The molecule has 0 radical (unpaired) electrons. The second-order valence-electron chi connectivity index (χ2n) is 3.96. The van der Waals surface area contributed by atoms with Gasteiger partial charge in [0.25, 0.3) is 0 Å². The van der Waals surface area contributed by atoms with Crippen LogP contribution in [0.2, 0.25) is 0 Å². The molecule has 0 aromatic heterocycles. The molecule has 0 amide bonds. The van der Waals surface area contributed by atoms with Gasteiger partial charge < -0.3 is 15.3 Å². The van der Waals surface area contributed by atoms with Crippen molar-refractivity contribution in [2.75, 3.05) is 13.6 Å². The Morgan fingerprint density at radius 2 is 1.78 bits per heavy atom. The summed E-state index contributed by atoms with van der Waals surface area (Å²) < 4.78 is 0. The molecule has 1 aromatic carbocycles. The van der Waals surface area contributed by atoms with Crippen LogP contribution < -0.4 is 0 Å². The van der Waals surface area contributed by atoms with Crippen molar-refractivity contribution in [3.05, 3.63) is 29.8 Å². The van der Waals surface area contributed by atoms with Gasteiger partial charge in [0.1, 0.15) is 11.8 Å². The van der Waals surface area contributed by atoms with E-state index in [0.717, 1.165) is 0 Å². The molecule has 6 nitrogen and oxygen atoms in total. The lowest BCUT2D eigenvalue weighted by Gasteiger charge is -2.24. The fraction of sp³-hybridized carbons (Fsp3) is 0.333. The lowest BCUT2D eigenvalue weighted by Crippen LogP contribution is -2.32. The Kier molecular flexibility index (Phi) is 4.67. The van der Waals surface area contributed by atoms with E-state index in [4.69, 9.17) is 10.2 Å². The second kappa shape index (κ2) is 6.02. The standard InChI is InChI=1S/C12H15NO5/c1-13(7-6-10(15)16)11(12(17)18)8-2-4-9(14)5-3-8/h2-5,11,14H,6-7H2,1H3,(H,15,16)(H,17,18). The van der Waals surface area contributed by atoms with Gasteiger partial charge in [-0.15, -0.1) is 0 Å². The van der Waals surface area contributed by atoms with Crippen molar-refractivity contribution in [2.24, 2.45) is 0 Å². The van der Waals surface area contributed by atoms with Gasteiger partial charge in [-0.25, -0.2) is 0 Å². The van der Waals surface area contributed by atoms with E-state index >= 15 is 0 Å². The average molecular weight is 253 g/mol. The van der Waals surface area contributed by atoms with Crippen LogP contribution in [0.1, 0.15) is 18.0 Å². The summed E-state index contributed by atoms with van der Waals surface area (Å²) in [5.74, 6) is -1.98. The van der Waals surface area contributed by atoms with Gasteiger partial charge in [-0.3, -0.25) is 14.5 Å². The quantitative estimate of drug-likeness (QED) is 0.697. The number of carbonyl (C=O) groups is 2. The third kappa shape index (κ3) is 3.74. The number of carboxylic acids is 2. The minimum Gasteiger partial charge on any atom is -0.508 e. The lowest BCUT2D eigenvalue weighted by atomic mass is 10.1. The van der Waals surface area contributed by atoms with Gasteiger partial charge in [-0.05, 0) is 24.7 Å². The highest BCUT2D eigenvalue weighted by Crippen LogP contribution is 2.22. The first kappa shape index (κ1) is 14.0. The first-order valence-electron chi connectivity index (χ1n) is 5.35. The summed E-state index contributed by atoms with van der Waals surface area (Å²) in [7, 11) is 1.55. The van der Waals surface area contributed by atoms with Crippen molar-refractivity contribution < 1.29 is 24.9 Å². The molecule has 0 spiro atoms. The number of phenolic OH excluding ortho intramolecular Hbond substituents is 1. The molecule has 0 saturated heterocycles. The van der Waals surface area contributed by atoms with Gasteiger partial charge in [0, 0.05) is 6.54 Å². The molecule has 98 valence electrons. The number of aliphatic carboxylic acids is 2. The summed E-state index contributed by atoms with van der Waals surface area (Å²) >= 11 is 0. The lowest BCUT2D eigenvalue weighted by molar-refractivity contribution is -0.144. The van der Waals surface area contributed by atoms with E-state index in [2.05, 4.69) is 0 Å². The van der Waals surface area contributed by atoms with Gasteiger partial charge in [-0.2, -0.15) is 0 Å². The first-order chi connectivity index (χ1) is 8.41. The number of carboxylic acid groups (broad SMARTS) is 2. The summed E-state index contributed by atoms with van der Waals surface area (Å²) in [4.78, 5) is 23.1. The van der Waals surface area contributed by atoms with Crippen molar-refractivity contribution in [3.8, 4) is 5.75 Å². The fourth-order valence-corrected chi connectivity index (χ4v) is 1.64. The Labute approximate surface area is 104 Å². The molecule has 0 aliphatic rings. The van der Waals surface area contributed by atoms with Crippen molar-refractivity contribution in [1.29, 1.82) is 0 Å². The zero-order valence-electron chi connectivity index (χ0n) is 9.91. The Morgan fingerprint density at radius 1 is 1.22 bits per heavy atom. The van der Waals surface area contributed by atoms with Crippen LogP contribution in [0.25, 0.3) is 0 Å². The Bertz CT molecular complexity index is 429. The Hall–Kier alpha value is -2.08. The molecule has 18 heavy (non-hydrogen) atoms. The molecule has 1 rings (SSSR count). The van der Waals surface area contributed by atoms with Crippen LogP contribution in [0.15, 0.2) is 24.3 Å². The topological polar surface area (TPSA) is 98.1 Å². The van der Waals surface area contributed by atoms with E-state index in [-0.39, 0.29) is 18.7 Å². The monoisotopic (exact) mass is 253 g/mol. The Morgan fingerprint density at radius 3 is 2.22 bits per heavy atom. The highest BCUT2D eigenvalue weighted by Gasteiger charge is 2.24. The number of benzene rings is 1. The zero-order chi connectivity index (χ0) is 13.7. The van der Waals surface area contributed by atoms with E-state index in [1.54, 1.807) is 7.05 Å². The molecule has 0 aliphatic heterocycles. The highest BCUT2D eigenvalue weighted by atomic mass is 16.4. The molecule has 3 N–H and O–H groups in total. The molecule has 0 aliphatic carbocycles. The van der Waals surface area contributed by atoms with Crippen molar-refractivity contribution >= 4 is 11.9 Å². The van der Waals surface area contributed by atoms with Crippen LogP contribution in [0, 0.1) is 0 Å².